The number of hydrogen-bond donors (Lipinski definition) is 1. The largest absolute Gasteiger partial charge is 0.348 e. The molecule has 0 aliphatic heterocycles. The summed E-state index contributed by atoms with van der Waals surface area (Å²) in [6, 6.07) is 14.5. The normalized spacial score (nSPS) is 10.2. The number of aryl methyl sites for hydroxylation is 1. The predicted molar refractivity (Wildman–Crippen MR) is 86.2 cm³/mol. The van der Waals surface area contributed by atoms with Crippen LogP contribution in [0.5, 0.6) is 0 Å². The fourth-order valence-corrected chi connectivity index (χ4v) is 2.31. The van der Waals surface area contributed by atoms with Gasteiger partial charge in [0.05, 0.1) is 17.3 Å². The minimum atomic E-state index is -0.161. The van der Waals surface area contributed by atoms with Crippen LogP contribution in [-0.4, -0.2) is 26.1 Å². The van der Waals surface area contributed by atoms with Gasteiger partial charge in [0.1, 0.15) is 6.33 Å². The number of hydrogen-bond acceptors (Lipinski definition) is 5. The quantitative estimate of drug-likeness (QED) is 0.791. The number of carbonyl (C=O) groups excluding carboxylic acids is 1. The summed E-state index contributed by atoms with van der Waals surface area (Å²) in [4.78, 5) is 12.3. The van der Waals surface area contributed by atoms with Gasteiger partial charge in [-0.1, -0.05) is 12.1 Å². The fraction of sp³-hybridized carbons (Fsp3) is 0.118. The second kappa shape index (κ2) is 6.71. The minimum absolute atomic E-state index is 0.161. The van der Waals surface area contributed by atoms with Crippen molar-refractivity contribution in [3.63, 3.8) is 0 Å². The van der Waals surface area contributed by atoms with E-state index in [9.17, 15) is 4.79 Å². The van der Waals surface area contributed by atoms with Gasteiger partial charge in [-0.3, -0.25) is 4.79 Å². The summed E-state index contributed by atoms with van der Waals surface area (Å²) in [5.41, 5.74) is 3.82. The van der Waals surface area contributed by atoms with Gasteiger partial charge in [0.15, 0.2) is 0 Å². The molecule has 7 nitrogen and oxygen atoms in total. The molecule has 0 bridgehead atoms. The van der Waals surface area contributed by atoms with Gasteiger partial charge in [0.2, 0.25) is 0 Å². The first-order valence-electron chi connectivity index (χ1n) is 7.28. The van der Waals surface area contributed by atoms with Crippen LogP contribution >= 0.6 is 0 Å². The molecule has 0 fully saturated rings. The van der Waals surface area contributed by atoms with Crippen molar-refractivity contribution in [1.29, 1.82) is 5.26 Å². The Hall–Kier alpha value is -3.53. The Labute approximate surface area is 138 Å². The molecule has 0 spiro atoms. The summed E-state index contributed by atoms with van der Waals surface area (Å²) in [6.07, 6.45) is 1.51. The van der Waals surface area contributed by atoms with Crippen LogP contribution in [0.4, 0.5) is 0 Å². The molecule has 3 rings (SSSR count). The molecule has 7 heteroatoms. The van der Waals surface area contributed by atoms with E-state index in [1.807, 2.05) is 25.1 Å². The molecule has 0 aliphatic carbocycles. The van der Waals surface area contributed by atoms with Gasteiger partial charge >= 0.3 is 0 Å². The third kappa shape index (κ3) is 3.28. The lowest BCUT2D eigenvalue weighted by Gasteiger charge is -2.09. The molecule has 0 aliphatic rings. The van der Waals surface area contributed by atoms with E-state index in [0.717, 1.165) is 16.8 Å². The minimum Gasteiger partial charge on any atom is -0.348 e. The standard InChI is InChI=1S/C17H14N6O/c1-12-8-15(6-7-16(12)23-11-20-21-22-23)17(24)19-10-14-4-2-13(9-18)3-5-14/h2-8,11H,10H2,1H3,(H,19,24). The number of amides is 1. The average Bonchev–Trinajstić information content (AvgIpc) is 3.14. The van der Waals surface area contributed by atoms with Crippen LogP contribution in [0, 0.1) is 18.3 Å². The van der Waals surface area contributed by atoms with Crippen molar-refractivity contribution in [3.8, 4) is 11.8 Å². The summed E-state index contributed by atoms with van der Waals surface area (Å²) in [6.45, 7) is 2.30. The van der Waals surface area contributed by atoms with Gasteiger partial charge in [-0.05, 0) is 58.8 Å². The summed E-state index contributed by atoms with van der Waals surface area (Å²) in [5.74, 6) is -0.161. The topological polar surface area (TPSA) is 96.5 Å². The second-order valence-corrected chi connectivity index (χ2v) is 5.25. The Kier molecular flexibility index (Phi) is 4.29. The number of nitrogens with zero attached hydrogens (tertiary/aromatic N) is 5. The number of rotatable bonds is 4. The zero-order valence-corrected chi connectivity index (χ0v) is 13.0. The molecule has 0 radical (unpaired) electrons. The van der Waals surface area contributed by atoms with Crippen molar-refractivity contribution in [1.82, 2.24) is 25.5 Å². The van der Waals surface area contributed by atoms with Crippen molar-refractivity contribution in [2.24, 2.45) is 0 Å². The maximum absolute atomic E-state index is 12.3. The van der Waals surface area contributed by atoms with Gasteiger partial charge in [-0.25, -0.2) is 4.68 Å². The summed E-state index contributed by atoms with van der Waals surface area (Å²) < 4.78 is 1.55. The molecule has 0 unspecified atom stereocenters. The molecule has 1 amide bonds. The van der Waals surface area contributed by atoms with Crippen LogP contribution < -0.4 is 5.32 Å². The van der Waals surface area contributed by atoms with Gasteiger partial charge in [-0.15, -0.1) is 5.10 Å². The lowest BCUT2D eigenvalue weighted by Crippen LogP contribution is -2.23. The van der Waals surface area contributed by atoms with Crippen molar-refractivity contribution >= 4 is 5.91 Å². The second-order valence-electron chi connectivity index (χ2n) is 5.25. The van der Waals surface area contributed by atoms with E-state index in [1.54, 1.807) is 28.9 Å². The Balaban J connectivity index is 1.69. The predicted octanol–water partition coefficient (Wildman–Crippen LogP) is 1.77. The van der Waals surface area contributed by atoms with E-state index >= 15 is 0 Å². The molecular formula is C17H14N6O. The molecule has 24 heavy (non-hydrogen) atoms. The van der Waals surface area contributed by atoms with Crippen LogP contribution in [0.15, 0.2) is 48.8 Å². The van der Waals surface area contributed by atoms with E-state index < -0.39 is 0 Å². The molecule has 1 N–H and O–H groups in total. The molecule has 1 aromatic heterocycles. The van der Waals surface area contributed by atoms with Gasteiger partial charge in [0.25, 0.3) is 5.91 Å². The van der Waals surface area contributed by atoms with E-state index in [1.165, 1.54) is 6.33 Å². The first-order valence-corrected chi connectivity index (χ1v) is 7.28. The monoisotopic (exact) mass is 318 g/mol. The summed E-state index contributed by atoms with van der Waals surface area (Å²) in [7, 11) is 0. The Morgan fingerprint density at radius 3 is 2.67 bits per heavy atom. The maximum atomic E-state index is 12.3. The van der Waals surface area contributed by atoms with E-state index in [0.29, 0.717) is 17.7 Å². The number of nitrogens with one attached hydrogen (secondary N) is 1. The van der Waals surface area contributed by atoms with E-state index in [4.69, 9.17) is 5.26 Å². The lowest BCUT2D eigenvalue weighted by molar-refractivity contribution is 0.0951. The zero-order chi connectivity index (χ0) is 16.9. The van der Waals surface area contributed by atoms with E-state index in [-0.39, 0.29) is 5.91 Å². The van der Waals surface area contributed by atoms with Crippen LogP contribution in [0.2, 0.25) is 0 Å². The molecule has 3 aromatic rings. The SMILES string of the molecule is Cc1cc(C(=O)NCc2ccc(C#N)cc2)ccc1-n1cnnn1. The Bertz CT molecular complexity index is 894. The third-order valence-corrected chi connectivity index (χ3v) is 3.59. The zero-order valence-electron chi connectivity index (χ0n) is 13.0. The highest BCUT2D eigenvalue weighted by Gasteiger charge is 2.09. The third-order valence-electron chi connectivity index (χ3n) is 3.59. The van der Waals surface area contributed by atoms with Crippen LogP contribution in [0.1, 0.15) is 27.0 Å². The molecular weight excluding hydrogens is 304 g/mol. The molecule has 1 heterocycles. The maximum Gasteiger partial charge on any atom is 0.251 e. The molecule has 0 saturated heterocycles. The van der Waals surface area contributed by atoms with Gasteiger partial charge in [-0.2, -0.15) is 5.26 Å². The van der Waals surface area contributed by atoms with Crippen molar-refractivity contribution in [2.45, 2.75) is 13.5 Å². The highest BCUT2D eigenvalue weighted by atomic mass is 16.1. The van der Waals surface area contributed by atoms with Crippen LogP contribution in [0.3, 0.4) is 0 Å². The lowest BCUT2D eigenvalue weighted by atomic mass is 10.1. The molecule has 0 atom stereocenters. The summed E-state index contributed by atoms with van der Waals surface area (Å²) in [5, 5.41) is 22.7. The van der Waals surface area contributed by atoms with Crippen LogP contribution in [0.25, 0.3) is 5.69 Å². The van der Waals surface area contributed by atoms with E-state index in [2.05, 4.69) is 26.9 Å². The molecule has 2 aromatic carbocycles. The summed E-state index contributed by atoms with van der Waals surface area (Å²) >= 11 is 0. The number of tetrazole rings is 1. The van der Waals surface area contributed by atoms with Crippen LogP contribution in [-0.2, 0) is 6.54 Å². The first-order chi connectivity index (χ1) is 11.7. The average molecular weight is 318 g/mol. The Morgan fingerprint density at radius 2 is 2.04 bits per heavy atom. The number of nitriles is 1. The highest BCUT2D eigenvalue weighted by molar-refractivity contribution is 5.94. The van der Waals surface area contributed by atoms with Crippen molar-refractivity contribution in [2.75, 3.05) is 0 Å². The number of aromatic nitrogens is 4. The number of benzene rings is 2. The highest BCUT2D eigenvalue weighted by Crippen LogP contribution is 2.14. The van der Waals surface area contributed by atoms with Gasteiger partial charge < -0.3 is 5.32 Å². The smallest absolute Gasteiger partial charge is 0.251 e. The number of carbonyl (C=O) groups is 1. The Morgan fingerprint density at radius 1 is 1.25 bits per heavy atom. The van der Waals surface area contributed by atoms with Crippen molar-refractivity contribution < 1.29 is 4.79 Å². The molecule has 118 valence electrons. The van der Waals surface area contributed by atoms with Crippen molar-refractivity contribution in [3.05, 3.63) is 71.0 Å². The fourth-order valence-electron chi connectivity index (χ4n) is 2.31. The van der Waals surface area contributed by atoms with Gasteiger partial charge in [0, 0.05) is 12.1 Å². The first kappa shape index (κ1) is 15.4. The molecule has 0 saturated carbocycles.